The predicted molar refractivity (Wildman–Crippen MR) is 88.0 cm³/mol. The summed E-state index contributed by atoms with van der Waals surface area (Å²) in [5.74, 6) is 0.917. The highest BCUT2D eigenvalue weighted by Gasteiger charge is 2.15. The standard InChI is InChI=1S/C17H18N2OS/c1-18-11-10-15(13-6-3-2-4-7-13)20-16-9-5-8-14-12-19-21-17(14)16/h2-9,12,15,18H,10-11H2,1H3/t15-/m1/s1. The first-order chi connectivity index (χ1) is 10.4. The van der Waals surface area contributed by atoms with Gasteiger partial charge in [-0.1, -0.05) is 42.5 Å². The fraction of sp³-hybridized carbons (Fsp3) is 0.235. The van der Waals surface area contributed by atoms with Crippen molar-refractivity contribution in [1.82, 2.24) is 9.69 Å². The van der Waals surface area contributed by atoms with Gasteiger partial charge in [-0.3, -0.25) is 0 Å². The Labute approximate surface area is 128 Å². The molecule has 1 atom stereocenters. The van der Waals surface area contributed by atoms with Gasteiger partial charge in [-0.05, 0) is 36.8 Å². The highest BCUT2D eigenvalue weighted by atomic mass is 32.1. The van der Waals surface area contributed by atoms with E-state index in [-0.39, 0.29) is 6.10 Å². The van der Waals surface area contributed by atoms with Crippen LogP contribution in [-0.4, -0.2) is 18.0 Å². The molecule has 0 radical (unpaired) electrons. The van der Waals surface area contributed by atoms with Crippen LogP contribution >= 0.6 is 11.5 Å². The van der Waals surface area contributed by atoms with Gasteiger partial charge in [-0.25, -0.2) is 0 Å². The van der Waals surface area contributed by atoms with Crippen LogP contribution in [0.25, 0.3) is 10.1 Å². The Balaban J connectivity index is 1.89. The Kier molecular flexibility index (Phi) is 4.48. The number of fused-ring (bicyclic) bond motifs is 1. The van der Waals surface area contributed by atoms with Crippen molar-refractivity contribution >= 4 is 21.6 Å². The fourth-order valence-corrected chi connectivity index (χ4v) is 3.05. The average Bonchev–Trinajstić information content (AvgIpc) is 3.01. The second kappa shape index (κ2) is 6.70. The van der Waals surface area contributed by atoms with Crippen LogP contribution < -0.4 is 10.1 Å². The van der Waals surface area contributed by atoms with E-state index in [0.717, 1.165) is 28.8 Å². The van der Waals surface area contributed by atoms with Gasteiger partial charge < -0.3 is 10.1 Å². The summed E-state index contributed by atoms with van der Waals surface area (Å²) in [5.41, 5.74) is 1.20. The molecule has 3 aromatic rings. The van der Waals surface area contributed by atoms with E-state index in [1.165, 1.54) is 17.1 Å². The summed E-state index contributed by atoms with van der Waals surface area (Å²) in [6.45, 7) is 0.915. The summed E-state index contributed by atoms with van der Waals surface area (Å²) in [4.78, 5) is 0. The number of hydrogen-bond acceptors (Lipinski definition) is 4. The molecule has 0 aliphatic carbocycles. The van der Waals surface area contributed by atoms with Crippen molar-refractivity contribution in [2.75, 3.05) is 13.6 Å². The van der Waals surface area contributed by atoms with Gasteiger partial charge in [0.1, 0.15) is 11.9 Å². The maximum atomic E-state index is 6.30. The summed E-state index contributed by atoms with van der Waals surface area (Å²) < 4.78 is 11.7. The Hall–Kier alpha value is -1.91. The van der Waals surface area contributed by atoms with E-state index in [4.69, 9.17) is 4.74 Å². The van der Waals surface area contributed by atoms with Crippen molar-refractivity contribution in [3.63, 3.8) is 0 Å². The van der Waals surface area contributed by atoms with Crippen LogP contribution in [0, 0.1) is 0 Å². The highest BCUT2D eigenvalue weighted by molar-refractivity contribution is 7.13. The van der Waals surface area contributed by atoms with Crippen molar-refractivity contribution < 1.29 is 4.74 Å². The van der Waals surface area contributed by atoms with Crippen molar-refractivity contribution in [3.05, 3.63) is 60.3 Å². The van der Waals surface area contributed by atoms with Gasteiger partial charge in [-0.15, -0.1) is 0 Å². The van der Waals surface area contributed by atoms with E-state index in [1.54, 1.807) is 0 Å². The second-order valence-corrected chi connectivity index (χ2v) is 5.71. The van der Waals surface area contributed by atoms with Crippen LogP contribution in [0.4, 0.5) is 0 Å². The zero-order valence-corrected chi connectivity index (χ0v) is 12.8. The molecule has 0 saturated carbocycles. The van der Waals surface area contributed by atoms with Crippen LogP contribution in [0.1, 0.15) is 18.1 Å². The first-order valence-electron chi connectivity index (χ1n) is 7.08. The highest BCUT2D eigenvalue weighted by Crippen LogP contribution is 2.33. The Bertz CT molecular complexity index is 696. The zero-order chi connectivity index (χ0) is 14.5. The minimum atomic E-state index is 0.0475. The molecule has 1 aromatic heterocycles. The summed E-state index contributed by atoms with van der Waals surface area (Å²) in [6.07, 6.45) is 2.86. The van der Waals surface area contributed by atoms with Crippen LogP contribution in [0.3, 0.4) is 0 Å². The number of nitrogens with one attached hydrogen (secondary N) is 1. The molecule has 0 saturated heterocycles. The van der Waals surface area contributed by atoms with Crippen molar-refractivity contribution in [1.29, 1.82) is 0 Å². The van der Waals surface area contributed by atoms with E-state index < -0.39 is 0 Å². The molecule has 0 unspecified atom stereocenters. The van der Waals surface area contributed by atoms with Gasteiger partial charge in [0.15, 0.2) is 0 Å². The normalized spacial score (nSPS) is 12.4. The second-order valence-electron chi connectivity index (χ2n) is 4.91. The van der Waals surface area contributed by atoms with E-state index in [9.17, 15) is 0 Å². The number of benzene rings is 2. The maximum absolute atomic E-state index is 6.30. The monoisotopic (exact) mass is 298 g/mol. The largest absolute Gasteiger partial charge is 0.484 e. The molecule has 0 spiro atoms. The van der Waals surface area contributed by atoms with E-state index in [1.807, 2.05) is 31.4 Å². The fourth-order valence-electron chi connectivity index (χ4n) is 2.35. The molecular formula is C17H18N2OS. The van der Waals surface area contributed by atoms with Gasteiger partial charge in [0, 0.05) is 18.0 Å². The lowest BCUT2D eigenvalue weighted by Gasteiger charge is -2.20. The first kappa shape index (κ1) is 14.0. The summed E-state index contributed by atoms with van der Waals surface area (Å²) in [5, 5.41) is 4.33. The molecule has 0 amide bonds. The molecule has 21 heavy (non-hydrogen) atoms. The lowest BCUT2D eigenvalue weighted by Crippen LogP contribution is -2.16. The van der Waals surface area contributed by atoms with Gasteiger partial charge in [0.05, 0.1) is 4.70 Å². The van der Waals surface area contributed by atoms with Gasteiger partial charge in [0.2, 0.25) is 0 Å². The van der Waals surface area contributed by atoms with E-state index in [0.29, 0.717) is 0 Å². The maximum Gasteiger partial charge on any atom is 0.139 e. The summed E-state index contributed by atoms with van der Waals surface area (Å²) in [6, 6.07) is 16.5. The third kappa shape index (κ3) is 3.23. The number of hydrogen-bond donors (Lipinski definition) is 1. The summed E-state index contributed by atoms with van der Waals surface area (Å²) in [7, 11) is 1.96. The van der Waals surface area contributed by atoms with Crippen molar-refractivity contribution in [2.45, 2.75) is 12.5 Å². The minimum absolute atomic E-state index is 0.0475. The van der Waals surface area contributed by atoms with Crippen molar-refractivity contribution in [2.24, 2.45) is 0 Å². The van der Waals surface area contributed by atoms with Crippen LogP contribution in [0.2, 0.25) is 0 Å². The quantitative estimate of drug-likeness (QED) is 0.746. The smallest absolute Gasteiger partial charge is 0.139 e. The Morgan fingerprint density at radius 2 is 2.00 bits per heavy atom. The molecule has 1 heterocycles. The van der Waals surface area contributed by atoms with Gasteiger partial charge >= 0.3 is 0 Å². The third-order valence-electron chi connectivity index (χ3n) is 3.44. The molecule has 0 aliphatic rings. The van der Waals surface area contributed by atoms with E-state index >= 15 is 0 Å². The van der Waals surface area contributed by atoms with Crippen LogP contribution in [0.15, 0.2) is 54.7 Å². The summed E-state index contributed by atoms with van der Waals surface area (Å²) >= 11 is 1.48. The van der Waals surface area contributed by atoms with Crippen molar-refractivity contribution in [3.8, 4) is 5.75 Å². The molecule has 0 aliphatic heterocycles. The first-order valence-corrected chi connectivity index (χ1v) is 7.85. The third-order valence-corrected chi connectivity index (χ3v) is 4.27. The molecule has 3 rings (SSSR count). The molecule has 1 N–H and O–H groups in total. The SMILES string of the molecule is CNCC[C@@H](Oc1cccc2cnsc12)c1ccccc1. The molecule has 4 heteroatoms. The lowest BCUT2D eigenvalue weighted by atomic mass is 10.1. The Morgan fingerprint density at radius 3 is 2.81 bits per heavy atom. The van der Waals surface area contributed by atoms with Crippen LogP contribution in [0.5, 0.6) is 5.75 Å². The number of rotatable bonds is 6. The lowest BCUT2D eigenvalue weighted by molar-refractivity contribution is 0.198. The predicted octanol–water partition coefficient (Wildman–Crippen LogP) is 4.03. The van der Waals surface area contributed by atoms with E-state index in [2.05, 4.69) is 40.0 Å². The Morgan fingerprint density at radius 1 is 1.14 bits per heavy atom. The molecule has 0 fully saturated rings. The topological polar surface area (TPSA) is 34.1 Å². The zero-order valence-electron chi connectivity index (χ0n) is 12.0. The number of ether oxygens (including phenoxy) is 1. The molecule has 108 valence electrons. The molecular weight excluding hydrogens is 280 g/mol. The minimum Gasteiger partial charge on any atom is -0.484 e. The molecule has 0 bridgehead atoms. The van der Waals surface area contributed by atoms with Gasteiger partial charge in [-0.2, -0.15) is 4.37 Å². The average molecular weight is 298 g/mol. The van der Waals surface area contributed by atoms with Crippen LogP contribution in [-0.2, 0) is 0 Å². The number of nitrogens with zero attached hydrogens (tertiary/aromatic N) is 1. The molecule has 3 nitrogen and oxygen atoms in total. The number of aromatic nitrogens is 1. The molecule has 2 aromatic carbocycles. The van der Waals surface area contributed by atoms with Gasteiger partial charge in [0.25, 0.3) is 0 Å².